The zero-order valence-corrected chi connectivity index (χ0v) is 18.9. The van der Waals surface area contributed by atoms with Gasteiger partial charge in [-0.3, -0.25) is 9.54 Å². The molecule has 0 atom stereocenters. The number of fused-ring (bicyclic) bond motifs is 1. The minimum atomic E-state index is -4.60. The lowest BCUT2D eigenvalue weighted by atomic mass is 10.1. The number of pyridine rings is 2. The molecule has 1 aromatic carbocycles. The molecule has 3 aromatic heterocycles. The van der Waals surface area contributed by atoms with Gasteiger partial charge >= 0.3 is 10.3 Å². The van der Waals surface area contributed by atoms with E-state index in [-0.39, 0.29) is 17.5 Å². The van der Waals surface area contributed by atoms with Gasteiger partial charge in [0.1, 0.15) is 12.4 Å². The SMILES string of the molecule is O=S(=O)(O)N(c1ccccc1)c1cncc(-c2ccc3ncnc(OC4CCNCC4)c3n2)c1. The third-order valence-electron chi connectivity index (χ3n) is 5.49. The second-order valence-electron chi connectivity index (χ2n) is 7.82. The van der Waals surface area contributed by atoms with Crippen LogP contribution in [-0.4, -0.2) is 52.1 Å². The van der Waals surface area contributed by atoms with Crippen molar-refractivity contribution in [3.8, 4) is 17.1 Å². The maximum atomic E-state index is 12.2. The molecule has 4 heterocycles. The van der Waals surface area contributed by atoms with Crippen LogP contribution in [0.2, 0.25) is 0 Å². The predicted molar refractivity (Wildman–Crippen MR) is 127 cm³/mol. The van der Waals surface area contributed by atoms with Gasteiger partial charge in [0.15, 0.2) is 5.52 Å². The Bertz CT molecular complexity index is 1410. The molecule has 4 aromatic rings. The fourth-order valence-electron chi connectivity index (χ4n) is 3.89. The molecule has 0 radical (unpaired) electrons. The molecule has 0 spiro atoms. The van der Waals surface area contributed by atoms with Crippen LogP contribution in [-0.2, 0) is 10.3 Å². The molecule has 1 saturated heterocycles. The van der Waals surface area contributed by atoms with Gasteiger partial charge in [-0.25, -0.2) is 14.3 Å². The summed E-state index contributed by atoms with van der Waals surface area (Å²) in [5.41, 5.74) is 2.69. The first-order chi connectivity index (χ1) is 16.5. The Hall–Kier alpha value is -3.67. The molecule has 1 aliphatic rings. The maximum Gasteiger partial charge on any atom is 0.364 e. The van der Waals surface area contributed by atoms with Gasteiger partial charge in [-0.15, -0.1) is 0 Å². The second kappa shape index (κ2) is 9.29. The molecule has 11 heteroatoms. The van der Waals surface area contributed by atoms with Gasteiger partial charge in [0, 0.05) is 11.8 Å². The largest absolute Gasteiger partial charge is 0.473 e. The molecule has 1 aliphatic heterocycles. The number of para-hydroxylation sites is 1. The zero-order chi connectivity index (χ0) is 23.5. The van der Waals surface area contributed by atoms with E-state index in [1.54, 1.807) is 54.7 Å². The Kier molecular flexibility index (Phi) is 6.05. The highest BCUT2D eigenvalue weighted by molar-refractivity contribution is 7.87. The van der Waals surface area contributed by atoms with Crippen LogP contribution in [0.25, 0.3) is 22.3 Å². The van der Waals surface area contributed by atoms with Gasteiger partial charge in [-0.2, -0.15) is 13.4 Å². The van der Waals surface area contributed by atoms with Crippen molar-refractivity contribution in [2.75, 3.05) is 17.4 Å². The summed E-state index contributed by atoms with van der Waals surface area (Å²) in [5, 5.41) is 3.31. The average Bonchev–Trinajstić information content (AvgIpc) is 2.85. The minimum absolute atomic E-state index is 0.0454. The Labute approximate surface area is 196 Å². The molecular formula is C23H22N6O4S. The summed E-state index contributed by atoms with van der Waals surface area (Å²) in [5.74, 6) is 0.409. The van der Waals surface area contributed by atoms with Crippen molar-refractivity contribution >= 4 is 32.7 Å². The Balaban J connectivity index is 1.54. The van der Waals surface area contributed by atoms with E-state index < -0.39 is 10.3 Å². The smallest absolute Gasteiger partial charge is 0.364 e. The molecule has 0 aliphatic carbocycles. The number of nitrogens with one attached hydrogen (secondary N) is 1. The van der Waals surface area contributed by atoms with Gasteiger partial charge < -0.3 is 10.1 Å². The lowest BCUT2D eigenvalue weighted by Crippen LogP contribution is -2.34. The average molecular weight is 479 g/mol. The van der Waals surface area contributed by atoms with E-state index in [0.717, 1.165) is 30.2 Å². The molecule has 34 heavy (non-hydrogen) atoms. The standard InChI is InChI=1S/C23H22N6O4S/c30-34(31,32)29(17-4-2-1-3-5-17)18-12-16(13-25-14-18)20-6-7-21-22(28-20)23(27-15-26-21)33-19-8-10-24-11-9-19/h1-7,12-15,19,24H,8-11H2,(H,30,31,32). The summed E-state index contributed by atoms with van der Waals surface area (Å²) < 4.78 is 41.2. The van der Waals surface area contributed by atoms with Crippen LogP contribution in [0.5, 0.6) is 5.88 Å². The van der Waals surface area contributed by atoms with Crippen molar-refractivity contribution in [3.05, 3.63) is 67.3 Å². The van der Waals surface area contributed by atoms with E-state index in [1.807, 2.05) is 0 Å². The number of ether oxygens (including phenoxy) is 1. The van der Waals surface area contributed by atoms with Crippen LogP contribution >= 0.6 is 0 Å². The van der Waals surface area contributed by atoms with Crippen molar-refractivity contribution in [2.45, 2.75) is 18.9 Å². The third-order valence-corrected chi connectivity index (χ3v) is 6.37. The summed E-state index contributed by atoms with van der Waals surface area (Å²) in [6, 6.07) is 13.4. The molecule has 2 N–H and O–H groups in total. The fourth-order valence-corrected chi connectivity index (χ4v) is 4.65. The van der Waals surface area contributed by atoms with E-state index >= 15 is 0 Å². The molecule has 174 valence electrons. The van der Waals surface area contributed by atoms with Crippen LogP contribution in [0.15, 0.2) is 67.3 Å². The molecule has 10 nitrogen and oxygen atoms in total. The number of piperidine rings is 1. The van der Waals surface area contributed by atoms with E-state index in [9.17, 15) is 13.0 Å². The minimum Gasteiger partial charge on any atom is -0.473 e. The van der Waals surface area contributed by atoms with E-state index in [4.69, 9.17) is 9.72 Å². The highest BCUT2D eigenvalue weighted by Gasteiger charge is 2.23. The van der Waals surface area contributed by atoms with Crippen molar-refractivity contribution in [1.29, 1.82) is 0 Å². The monoisotopic (exact) mass is 478 g/mol. The van der Waals surface area contributed by atoms with Crippen LogP contribution in [0.1, 0.15) is 12.8 Å². The quantitative estimate of drug-likeness (QED) is 0.401. The van der Waals surface area contributed by atoms with Gasteiger partial charge in [0.25, 0.3) is 0 Å². The summed E-state index contributed by atoms with van der Waals surface area (Å²) in [7, 11) is -4.60. The van der Waals surface area contributed by atoms with E-state index in [2.05, 4.69) is 20.3 Å². The van der Waals surface area contributed by atoms with Crippen LogP contribution < -0.4 is 14.4 Å². The molecule has 5 rings (SSSR count). The first-order valence-corrected chi connectivity index (χ1v) is 12.2. The van der Waals surface area contributed by atoms with E-state index in [1.165, 1.54) is 12.5 Å². The number of anilines is 2. The summed E-state index contributed by atoms with van der Waals surface area (Å²) in [6.07, 6.45) is 6.18. The van der Waals surface area contributed by atoms with Gasteiger partial charge in [0.2, 0.25) is 5.88 Å². The first-order valence-electron chi connectivity index (χ1n) is 10.8. The molecule has 0 saturated carbocycles. The Morgan fingerprint density at radius 1 is 1.00 bits per heavy atom. The maximum absolute atomic E-state index is 12.2. The van der Waals surface area contributed by atoms with Gasteiger partial charge in [-0.05, 0) is 56.3 Å². The van der Waals surface area contributed by atoms with Gasteiger partial charge in [-0.1, -0.05) is 18.2 Å². The molecule has 0 unspecified atom stereocenters. The fraction of sp³-hybridized carbons (Fsp3) is 0.217. The normalized spacial score (nSPS) is 14.7. The third kappa shape index (κ3) is 4.67. The molecular weight excluding hydrogens is 456 g/mol. The Morgan fingerprint density at radius 3 is 2.56 bits per heavy atom. The molecule has 1 fully saturated rings. The topological polar surface area (TPSA) is 130 Å². The zero-order valence-electron chi connectivity index (χ0n) is 18.1. The Morgan fingerprint density at radius 2 is 1.79 bits per heavy atom. The lowest BCUT2D eigenvalue weighted by molar-refractivity contribution is 0.158. The van der Waals surface area contributed by atoms with E-state index in [0.29, 0.717) is 28.2 Å². The lowest BCUT2D eigenvalue weighted by Gasteiger charge is -2.23. The number of benzene rings is 1. The number of aromatic nitrogens is 4. The van der Waals surface area contributed by atoms with Gasteiger partial charge in [0.05, 0.1) is 28.8 Å². The van der Waals surface area contributed by atoms with Crippen LogP contribution in [0.4, 0.5) is 11.4 Å². The number of hydrogen-bond acceptors (Lipinski definition) is 8. The number of rotatable bonds is 6. The van der Waals surface area contributed by atoms with Crippen molar-refractivity contribution < 1.29 is 17.7 Å². The summed E-state index contributed by atoms with van der Waals surface area (Å²) in [6.45, 7) is 1.77. The molecule has 0 amide bonds. The first kappa shape index (κ1) is 22.1. The number of hydrogen-bond donors (Lipinski definition) is 2. The van der Waals surface area contributed by atoms with Crippen molar-refractivity contribution in [1.82, 2.24) is 25.3 Å². The predicted octanol–water partition coefficient (Wildman–Crippen LogP) is 3.16. The number of nitrogens with zero attached hydrogens (tertiary/aromatic N) is 5. The van der Waals surface area contributed by atoms with Crippen molar-refractivity contribution in [2.24, 2.45) is 0 Å². The highest BCUT2D eigenvalue weighted by atomic mass is 32.2. The highest BCUT2D eigenvalue weighted by Crippen LogP contribution is 2.31. The summed E-state index contributed by atoms with van der Waals surface area (Å²) in [4.78, 5) is 17.5. The molecule has 0 bridgehead atoms. The second-order valence-corrected chi connectivity index (χ2v) is 9.08. The van der Waals surface area contributed by atoms with Crippen molar-refractivity contribution in [3.63, 3.8) is 0 Å². The van der Waals surface area contributed by atoms with Crippen LogP contribution in [0, 0.1) is 0 Å². The van der Waals surface area contributed by atoms with Crippen LogP contribution in [0.3, 0.4) is 0 Å². The summed E-state index contributed by atoms with van der Waals surface area (Å²) >= 11 is 0.